The van der Waals surface area contributed by atoms with Crippen LogP contribution < -0.4 is 5.73 Å². The summed E-state index contributed by atoms with van der Waals surface area (Å²) in [4.78, 5) is 0. The standard InChI is InChI=1S/C10H17NO2/c1-8-3-4-9(13-8)10(2,7-11)5-6-12/h3-4,12H,5-7,11H2,1-2H3. The Balaban J connectivity index is 2.88. The maximum atomic E-state index is 8.90. The van der Waals surface area contributed by atoms with Crippen LogP contribution in [0.5, 0.6) is 0 Å². The van der Waals surface area contributed by atoms with Gasteiger partial charge in [-0.1, -0.05) is 6.92 Å². The molecule has 0 aromatic carbocycles. The van der Waals surface area contributed by atoms with Crippen LogP contribution >= 0.6 is 0 Å². The molecular weight excluding hydrogens is 166 g/mol. The van der Waals surface area contributed by atoms with Crippen LogP contribution in [0.25, 0.3) is 0 Å². The second kappa shape index (κ2) is 3.94. The van der Waals surface area contributed by atoms with Crippen molar-refractivity contribution in [3.8, 4) is 0 Å². The minimum absolute atomic E-state index is 0.132. The molecule has 0 spiro atoms. The van der Waals surface area contributed by atoms with E-state index in [2.05, 4.69) is 0 Å². The molecule has 0 saturated carbocycles. The van der Waals surface area contributed by atoms with Gasteiger partial charge in [0, 0.05) is 18.6 Å². The van der Waals surface area contributed by atoms with Crippen LogP contribution in [-0.4, -0.2) is 18.3 Å². The molecule has 74 valence electrons. The topological polar surface area (TPSA) is 59.4 Å². The molecule has 0 aliphatic carbocycles. The molecule has 0 fully saturated rings. The van der Waals surface area contributed by atoms with E-state index in [1.165, 1.54) is 0 Å². The minimum Gasteiger partial charge on any atom is -0.466 e. The van der Waals surface area contributed by atoms with Gasteiger partial charge < -0.3 is 15.3 Å². The van der Waals surface area contributed by atoms with Gasteiger partial charge in [0.15, 0.2) is 0 Å². The number of aryl methyl sites for hydroxylation is 1. The van der Waals surface area contributed by atoms with Gasteiger partial charge in [-0.25, -0.2) is 0 Å². The first-order chi connectivity index (χ1) is 6.12. The Morgan fingerprint density at radius 3 is 2.62 bits per heavy atom. The Hall–Kier alpha value is -0.800. The van der Waals surface area contributed by atoms with E-state index in [4.69, 9.17) is 15.3 Å². The third-order valence-corrected chi connectivity index (χ3v) is 2.45. The summed E-state index contributed by atoms with van der Waals surface area (Å²) >= 11 is 0. The van der Waals surface area contributed by atoms with Crippen LogP contribution in [0, 0.1) is 6.92 Å². The number of nitrogens with two attached hydrogens (primary N) is 1. The number of furan rings is 1. The normalized spacial score (nSPS) is 15.7. The van der Waals surface area contributed by atoms with Crippen molar-refractivity contribution in [1.82, 2.24) is 0 Å². The zero-order valence-corrected chi connectivity index (χ0v) is 8.21. The highest BCUT2D eigenvalue weighted by atomic mass is 16.3. The number of rotatable bonds is 4. The van der Waals surface area contributed by atoms with Crippen molar-refractivity contribution < 1.29 is 9.52 Å². The molecule has 13 heavy (non-hydrogen) atoms. The Kier molecular flexibility index (Phi) is 3.12. The molecule has 0 saturated heterocycles. The van der Waals surface area contributed by atoms with Gasteiger partial charge in [0.1, 0.15) is 11.5 Å². The summed E-state index contributed by atoms with van der Waals surface area (Å²) in [5.41, 5.74) is 5.43. The molecule has 3 heteroatoms. The van der Waals surface area contributed by atoms with Gasteiger partial charge in [-0.2, -0.15) is 0 Å². The van der Waals surface area contributed by atoms with E-state index in [0.717, 1.165) is 11.5 Å². The summed E-state index contributed by atoms with van der Waals surface area (Å²) < 4.78 is 5.50. The average Bonchev–Trinajstić information content (AvgIpc) is 2.52. The highest BCUT2D eigenvalue weighted by molar-refractivity contribution is 5.16. The molecule has 0 aliphatic heterocycles. The van der Waals surface area contributed by atoms with Crippen molar-refractivity contribution in [2.24, 2.45) is 5.73 Å². The molecule has 0 bridgehead atoms. The summed E-state index contributed by atoms with van der Waals surface area (Å²) in [5.74, 6) is 1.74. The van der Waals surface area contributed by atoms with Crippen LogP contribution in [-0.2, 0) is 5.41 Å². The molecular formula is C10H17NO2. The van der Waals surface area contributed by atoms with Gasteiger partial charge in [0.05, 0.1) is 0 Å². The molecule has 1 aromatic rings. The first kappa shape index (κ1) is 10.3. The van der Waals surface area contributed by atoms with Crippen molar-refractivity contribution in [3.05, 3.63) is 23.7 Å². The molecule has 1 heterocycles. The van der Waals surface area contributed by atoms with Gasteiger partial charge in [0.25, 0.3) is 0 Å². The lowest BCUT2D eigenvalue weighted by Crippen LogP contribution is -2.32. The van der Waals surface area contributed by atoms with Crippen molar-refractivity contribution in [1.29, 1.82) is 0 Å². The van der Waals surface area contributed by atoms with Gasteiger partial charge in [-0.3, -0.25) is 0 Å². The molecule has 1 aromatic heterocycles. The van der Waals surface area contributed by atoms with E-state index in [1.54, 1.807) is 0 Å². The molecule has 0 radical (unpaired) electrons. The fourth-order valence-electron chi connectivity index (χ4n) is 1.33. The quantitative estimate of drug-likeness (QED) is 0.737. The Morgan fingerprint density at radius 1 is 1.54 bits per heavy atom. The van der Waals surface area contributed by atoms with Crippen molar-refractivity contribution in [2.75, 3.05) is 13.2 Å². The Bertz CT molecular complexity index is 270. The van der Waals surface area contributed by atoms with Gasteiger partial charge in [-0.15, -0.1) is 0 Å². The van der Waals surface area contributed by atoms with Crippen molar-refractivity contribution in [2.45, 2.75) is 25.7 Å². The van der Waals surface area contributed by atoms with E-state index in [1.807, 2.05) is 26.0 Å². The third-order valence-electron chi connectivity index (χ3n) is 2.45. The number of hydrogen-bond donors (Lipinski definition) is 2. The Morgan fingerprint density at radius 2 is 2.23 bits per heavy atom. The SMILES string of the molecule is Cc1ccc(C(C)(CN)CCO)o1. The maximum Gasteiger partial charge on any atom is 0.111 e. The summed E-state index contributed by atoms with van der Waals surface area (Å²) in [7, 11) is 0. The third kappa shape index (κ3) is 2.11. The van der Waals surface area contributed by atoms with E-state index < -0.39 is 0 Å². The lowest BCUT2D eigenvalue weighted by Gasteiger charge is -2.24. The molecule has 3 N–H and O–H groups in total. The summed E-state index contributed by atoms with van der Waals surface area (Å²) in [5, 5.41) is 8.90. The predicted octanol–water partition coefficient (Wildman–Crippen LogP) is 1.19. The fourth-order valence-corrected chi connectivity index (χ4v) is 1.33. The summed E-state index contributed by atoms with van der Waals surface area (Å²) in [6.07, 6.45) is 0.635. The molecule has 3 nitrogen and oxygen atoms in total. The lowest BCUT2D eigenvalue weighted by atomic mass is 9.84. The highest BCUT2D eigenvalue weighted by Crippen LogP contribution is 2.27. The number of aliphatic hydroxyl groups excluding tert-OH is 1. The average molecular weight is 183 g/mol. The smallest absolute Gasteiger partial charge is 0.111 e. The molecule has 0 aliphatic rings. The zero-order valence-electron chi connectivity index (χ0n) is 8.21. The first-order valence-corrected chi connectivity index (χ1v) is 4.50. The van der Waals surface area contributed by atoms with Crippen LogP contribution in [0.3, 0.4) is 0 Å². The van der Waals surface area contributed by atoms with Gasteiger partial charge in [0.2, 0.25) is 0 Å². The van der Waals surface area contributed by atoms with E-state index in [0.29, 0.717) is 13.0 Å². The zero-order chi connectivity index (χ0) is 9.90. The van der Waals surface area contributed by atoms with Gasteiger partial charge >= 0.3 is 0 Å². The van der Waals surface area contributed by atoms with Crippen molar-refractivity contribution >= 4 is 0 Å². The highest BCUT2D eigenvalue weighted by Gasteiger charge is 2.27. The largest absolute Gasteiger partial charge is 0.466 e. The lowest BCUT2D eigenvalue weighted by molar-refractivity contribution is 0.228. The molecule has 1 rings (SSSR count). The molecule has 1 atom stereocenters. The monoisotopic (exact) mass is 183 g/mol. The fraction of sp³-hybridized carbons (Fsp3) is 0.600. The minimum atomic E-state index is -0.233. The second-order valence-electron chi connectivity index (χ2n) is 3.65. The predicted molar refractivity (Wildman–Crippen MR) is 51.6 cm³/mol. The van der Waals surface area contributed by atoms with E-state index >= 15 is 0 Å². The van der Waals surface area contributed by atoms with Crippen molar-refractivity contribution in [3.63, 3.8) is 0 Å². The number of hydrogen-bond acceptors (Lipinski definition) is 3. The Labute approximate surface area is 78.5 Å². The van der Waals surface area contributed by atoms with E-state index in [-0.39, 0.29) is 12.0 Å². The van der Waals surface area contributed by atoms with Crippen LogP contribution in [0.15, 0.2) is 16.5 Å². The van der Waals surface area contributed by atoms with Crippen LogP contribution in [0.1, 0.15) is 24.9 Å². The molecule has 1 unspecified atom stereocenters. The van der Waals surface area contributed by atoms with Crippen LogP contribution in [0.4, 0.5) is 0 Å². The summed E-state index contributed by atoms with van der Waals surface area (Å²) in [6.45, 7) is 4.52. The number of aliphatic hydroxyl groups is 1. The van der Waals surface area contributed by atoms with Gasteiger partial charge in [-0.05, 0) is 25.5 Å². The van der Waals surface area contributed by atoms with Crippen LogP contribution in [0.2, 0.25) is 0 Å². The summed E-state index contributed by atoms with van der Waals surface area (Å²) in [6, 6.07) is 3.85. The maximum absolute atomic E-state index is 8.90. The van der Waals surface area contributed by atoms with E-state index in [9.17, 15) is 0 Å². The molecule has 0 amide bonds. The second-order valence-corrected chi connectivity index (χ2v) is 3.65. The first-order valence-electron chi connectivity index (χ1n) is 4.50.